The van der Waals surface area contributed by atoms with Crippen LogP contribution in [-0.2, 0) is 11.0 Å². The van der Waals surface area contributed by atoms with Gasteiger partial charge < -0.3 is 4.74 Å². The van der Waals surface area contributed by atoms with Crippen LogP contribution in [0.15, 0.2) is 107 Å². The molecule has 0 radical (unpaired) electrons. The zero-order valence-electron chi connectivity index (χ0n) is 23.5. The second-order valence-corrected chi connectivity index (χ2v) is 12.9. The first kappa shape index (κ1) is 26.0. The SMILES string of the molecule is CSc1ccc(C2(c3ccc(SC)cc3)C=Cc3c4c(c5ccccc5c3O2)-c2ccc(C#N)cc2C4(C)C)cc1. The lowest BCUT2D eigenvalue weighted by Crippen LogP contribution is -2.35. The zero-order chi connectivity index (χ0) is 28.4. The molecule has 2 aliphatic rings. The van der Waals surface area contributed by atoms with Gasteiger partial charge in [0.25, 0.3) is 0 Å². The highest BCUT2D eigenvalue weighted by molar-refractivity contribution is 7.98. The predicted molar refractivity (Wildman–Crippen MR) is 173 cm³/mol. The lowest BCUT2D eigenvalue weighted by atomic mass is 9.76. The average molecular weight is 568 g/mol. The summed E-state index contributed by atoms with van der Waals surface area (Å²) in [5, 5.41) is 12.0. The Hall–Kier alpha value is -3.91. The summed E-state index contributed by atoms with van der Waals surface area (Å²) in [6.07, 6.45) is 8.73. The second kappa shape index (κ2) is 9.58. The van der Waals surface area contributed by atoms with Crippen LogP contribution in [0.25, 0.3) is 28.0 Å². The maximum absolute atomic E-state index is 9.68. The molecule has 2 nitrogen and oxygen atoms in total. The second-order valence-electron chi connectivity index (χ2n) is 11.2. The van der Waals surface area contributed by atoms with Crippen molar-refractivity contribution in [1.29, 1.82) is 5.26 Å². The molecule has 1 aliphatic heterocycles. The maximum atomic E-state index is 9.68. The highest BCUT2D eigenvalue weighted by Crippen LogP contribution is 2.58. The molecule has 200 valence electrons. The molecule has 0 bridgehead atoms. The highest BCUT2D eigenvalue weighted by Gasteiger charge is 2.44. The van der Waals surface area contributed by atoms with Crippen molar-refractivity contribution in [1.82, 2.24) is 0 Å². The summed E-state index contributed by atoms with van der Waals surface area (Å²) in [6, 6.07) is 34.6. The summed E-state index contributed by atoms with van der Waals surface area (Å²) in [5.41, 5.74) is 7.84. The number of benzene rings is 5. The number of hydrogen-bond acceptors (Lipinski definition) is 4. The van der Waals surface area contributed by atoms with Gasteiger partial charge in [0.15, 0.2) is 5.60 Å². The number of hydrogen-bond donors (Lipinski definition) is 0. The molecule has 0 saturated carbocycles. The molecule has 1 aliphatic carbocycles. The lowest BCUT2D eigenvalue weighted by Gasteiger charge is -2.38. The van der Waals surface area contributed by atoms with E-state index >= 15 is 0 Å². The van der Waals surface area contributed by atoms with Crippen molar-refractivity contribution in [2.75, 3.05) is 12.5 Å². The molecule has 0 amide bonds. The normalized spacial score (nSPS) is 15.5. The molecule has 0 aromatic heterocycles. The van der Waals surface area contributed by atoms with E-state index in [0.717, 1.165) is 27.8 Å². The van der Waals surface area contributed by atoms with Crippen LogP contribution >= 0.6 is 23.5 Å². The van der Waals surface area contributed by atoms with Crippen LogP contribution in [0.3, 0.4) is 0 Å². The minimum Gasteiger partial charge on any atom is -0.472 e. The van der Waals surface area contributed by atoms with Crippen molar-refractivity contribution >= 4 is 40.4 Å². The lowest BCUT2D eigenvalue weighted by molar-refractivity contribution is 0.163. The Bertz CT molecular complexity index is 1860. The zero-order valence-corrected chi connectivity index (χ0v) is 25.1. The largest absolute Gasteiger partial charge is 0.472 e. The molecular formula is C37H29NOS2. The van der Waals surface area contributed by atoms with Crippen LogP contribution in [0.1, 0.15) is 47.2 Å². The van der Waals surface area contributed by atoms with Crippen molar-refractivity contribution in [2.45, 2.75) is 34.7 Å². The van der Waals surface area contributed by atoms with Gasteiger partial charge in [-0.2, -0.15) is 5.26 Å². The molecule has 0 fully saturated rings. The molecule has 1 heterocycles. The number of ether oxygens (including phenoxy) is 1. The third-order valence-corrected chi connectivity index (χ3v) is 10.2. The van der Waals surface area contributed by atoms with Gasteiger partial charge in [-0.3, -0.25) is 0 Å². The van der Waals surface area contributed by atoms with Crippen molar-refractivity contribution in [2.24, 2.45) is 0 Å². The van der Waals surface area contributed by atoms with E-state index in [1.54, 1.807) is 23.5 Å². The smallest absolute Gasteiger partial charge is 0.178 e. The number of fused-ring (bicyclic) bond motifs is 8. The Morgan fingerprint density at radius 2 is 1.37 bits per heavy atom. The number of rotatable bonds is 4. The molecular weight excluding hydrogens is 539 g/mol. The van der Waals surface area contributed by atoms with E-state index in [9.17, 15) is 5.26 Å². The summed E-state index contributed by atoms with van der Waals surface area (Å²) >= 11 is 3.48. The molecule has 41 heavy (non-hydrogen) atoms. The highest BCUT2D eigenvalue weighted by atomic mass is 32.2. The molecule has 0 saturated heterocycles. The molecule has 7 rings (SSSR count). The van der Waals surface area contributed by atoms with E-state index in [1.807, 2.05) is 6.07 Å². The van der Waals surface area contributed by atoms with E-state index in [2.05, 4.69) is 130 Å². The Labute approximate surface area is 250 Å². The molecule has 0 spiro atoms. The number of thioether (sulfide) groups is 2. The van der Waals surface area contributed by atoms with E-state index < -0.39 is 5.60 Å². The van der Waals surface area contributed by atoms with E-state index in [4.69, 9.17) is 4.74 Å². The maximum Gasteiger partial charge on any atom is 0.178 e. The van der Waals surface area contributed by atoms with Crippen molar-refractivity contribution in [3.8, 4) is 22.9 Å². The number of nitriles is 1. The first-order valence-electron chi connectivity index (χ1n) is 13.7. The number of nitrogens with zero attached hydrogens (tertiary/aromatic N) is 1. The van der Waals surface area contributed by atoms with Crippen molar-refractivity contribution in [3.05, 3.63) is 130 Å². The van der Waals surface area contributed by atoms with Crippen molar-refractivity contribution < 1.29 is 4.74 Å². The fraction of sp³-hybridized carbons (Fsp3) is 0.162. The van der Waals surface area contributed by atoms with Gasteiger partial charge in [0, 0.05) is 37.3 Å². The van der Waals surface area contributed by atoms with Gasteiger partial charge in [-0.15, -0.1) is 23.5 Å². The van der Waals surface area contributed by atoms with Gasteiger partial charge in [-0.05, 0) is 82.6 Å². The Morgan fingerprint density at radius 3 is 1.95 bits per heavy atom. The minimum absolute atomic E-state index is 0.292. The van der Waals surface area contributed by atoms with E-state index in [1.165, 1.54) is 37.4 Å². The standard InChI is InChI=1S/C37H29NOS2/c1-36(2)32-21-23(22-38)9-18-30(32)33-28-7-5-6-8-29(28)35-31(34(33)36)19-20-37(39-35,24-10-14-26(40-3)15-11-24)25-12-16-27(41-4)17-13-25/h5-21H,1-4H3. The summed E-state index contributed by atoms with van der Waals surface area (Å²) in [4.78, 5) is 2.45. The van der Waals surface area contributed by atoms with Crippen LogP contribution in [0.5, 0.6) is 5.75 Å². The predicted octanol–water partition coefficient (Wildman–Crippen LogP) is 9.81. The molecule has 0 atom stereocenters. The first-order valence-corrected chi connectivity index (χ1v) is 16.2. The van der Waals surface area contributed by atoms with Gasteiger partial charge in [0.05, 0.1) is 11.6 Å². The molecule has 0 N–H and O–H groups in total. The van der Waals surface area contributed by atoms with Crippen LogP contribution in [0.2, 0.25) is 0 Å². The Morgan fingerprint density at radius 1 is 0.756 bits per heavy atom. The third-order valence-electron chi connectivity index (χ3n) is 8.71. The van der Waals surface area contributed by atoms with Gasteiger partial charge in [-0.25, -0.2) is 0 Å². The summed E-state index contributed by atoms with van der Waals surface area (Å²) < 4.78 is 7.36. The molecule has 5 aromatic rings. The first-order chi connectivity index (χ1) is 19.9. The van der Waals surface area contributed by atoms with Gasteiger partial charge in [0.2, 0.25) is 0 Å². The minimum atomic E-state index is -0.776. The summed E-state index contributed by atoms with van der Waals surface area (Å²) in [7, 11) is 0. The van der Waals surface area contributed by atoms with Gasteiger partial charge >= 0.3 is 0 Å². The van der Waals surface area contributed by atoms with Crippen molar-refractivity contribution in [3.63, 3.8) is 0 Å². The molecule has 0 unspecified atom stereocenters. The fourth-order valence-electron chi connectivity index (χ4n) is 6.66. The Kier molecular flexibility index (Phi) is 6.08. The molecule has 4 heteroatoms. The van der Waals surface area contributed by atoms with Crippen LogP contribution in [-0.4, -0.2) is 12.5 Å². The molecule has 5 aromatic carbocycles. The van der Waals surface area contributed by atoms with Crippen LogP contribution < -0.4 is 4.74 Å². The summed E-state index contributed by atoms with van der Waals surface area (Å²) in [6.45, 7) is 4.54. The van der Waals surface area contributed by atoms with E-state index in [0.29, 0.717) is 5.56 Å². The van der Waals surface area contributed by atoms with Crippen LogP contribution in [0.4, 0.5) is 0 Å². The quantitative estimate of drug-likeness (QED) is 0.202. The Balaban J connectivity index is 1.52. The van der Waals surface area contributed by atoms with Crippen LogP contribution in [0, 0.1) is 11.3 Å². The van der Waals surface area contributed by atoms with Gasteiger partial charge in [0.1, 0.15) is 5.75 Å². The van der Waals surface area contributed by atoms with Gasteiger partial charge in [-0.1, -0.05) is 74.5 Å². The van der Waals surface area contributed by atoms with E-state index in [-0.39, 0.29) is 5.41 Å². The summed E-state index contributed by atoms with van der Waals surface area (Å²) in [5.74, 6) is 0.908. The average Bonchev–Trinajstić information content (AvgIpc) is 3.27. The third kappa shape index (κ3) is 3.80. The topological polar surface area (TPSA) is 33.0 Å². The monoisotopic (exact) mass is 567 g/mol. The fourth-order valence-corrected chi connectivity index (χ4v) is 7.47.